The van der Waals surface area contributed by atoms with Crippen molar-refractivity contribution in [3.05, 3.63) is 17.7 Å². The number of hydrogen-bond acceptors (Lipinski definition) is 4. The van der Waals surface area contributed by atoms with Gasteiger partial charge in [-0.25, -0.2) is 9.78 Å². The lowest BCUT2D eigenvalue weighted by molar-refractivity contribution is -0.154. The maximum atomic E-state index is 12.1. The monoisotopic (exact) mass is 285 g/mol. The van der Waals surface area contributed by atoms with Crippen molar-refractivity contribution in [1.82, 2.24) is 14.9 Å². The van der Waals surface area contributed by atoms with Gasteiger partial charge in [-0.15, -0.1) is 11.6 Å². The minimum atomic E-state index is -0.594. The number of hydrogen-bond donors (Lipinski definition) is 1. The molecule has 0 radical (unpaired) electrons. The van der Waals surface area contributed by atoms with Gasteiger partial charge in [0.05, 0.1) is 31.4 Å². The number of carbonyl (C=O) groups excluding carboxylic acids is 2. The van der Waals surface area contributed by atoms with E-state index in [0.717, 1.165) is 11.4 Å². The molecule has 1 aliphatic heterocycles. The van der Waals surface area contributed by atoms with Crippen molar-refractivity contribution in [3.8, 4) is 0 Å². The number of fused-ring (bicyclic) bond motifs is 1. The van der Waals surface area contributed by atoms with Crippen LogP contribution in [0.25, 0.3) is 0 Å². The van der Waals surface area contributed by atoms with E-state index >= 15 is 0 Å². The molecule has 0 saturated heterocycles. The number of ether oxygens (including phenoxy) is 1. The molecule has 0 aliphatic carbocycles. The summed E-state index contributed by atoms with van der Waals surface area (Å²) in [4.78, 5) is 32.6. The standard InChI is InChI=1S/C12H16ClN3O3/c1-19-12(18)10-5-8-9(15-7-14-8)6-16(10)11(17)3-2-4-13/h7,10H,2-6H2,1H3,(H,14,15). The van der Waals surface area contributed by atoms with Crippen molar-refractivity contribution >= 4 is 23.5 Å². The molecular weight excluding hydrogens is 270 g/mol. The second-order valence-electron chi connectivity index (χ2n) is 4.39. The maximum absolute atomic E-state index is 12.1. The van der Waals surface area contributed by atoms with Crippen molar-refractivity contribution in [2.45, 2.75) is 31.8 Å². The minimum absolute atomic E-state index is 0.0868. The number of nitrogens with zero attached hydrogens (tertiary/aromatic N) is 2. The lowest BCUT2D eigenvalue weighted by Crippen LogP contribution is -2.49. The summed E-state index contributed by atoms with van der Waals surface area (Å²) in [6, 6.07) is -0.594. The Balaban J connectivity index is 2.18. The number of H-pyrrole nitrogens is 1. The van der Waals surface area contributed by atoms with Crippen LogP contribution in [0.4, 0.5) is 0 Å². The van der Waals surface area contributed by atoms with Crippen LogP contribution in [0.3, 0.4) is 0 Å². The van der Waals surface area contributed by atoms with Gasteiger partial charge in [0.25, 0.3) is 0 Å². The van der Waals surface area contributed by atoms with Crippen LogP contribution in [-0.2, 0) is 27.3 Å². The molecular formula is C12H16ClN3O3. The number of carbonyl (C=O) groups is 2. The quantitative estimate of drug-likeness (QED) is 0.657. The summed E-state index contributed by atoms with van der Waals surface area (Å²) in [7, 11) is 1.32. The molecule has 6 nitrogen and oxygen atoms in total. The number of aromatic nitrogens is 2. The lowest BCUT2D eigenvalue weighted by atomic mass is 10.0. The third-order valence-corrected chi connectivity index (χ3v) is 3.48. The van der Waals surface area contributed by atoms with Crippen LogP contribution >= 0.6 is 11.6 Å². The maximum Gasteiger partial charge on any atom is 0.329 e. The molecule has 0 saturated carbocycles. The number of imidazole rings is 1. The average molecular weight is 286 g/mol. The zero-order valence-corrected chi connectivity index (χ0v) is 11.4. The van der Waals surface area contributed by atoms with Gasteiger partial charge in [0.2, 0.25) is 5.91 Å². The number of alkyl halides is 1. The molecule has 1 aromatic heterocycles. The first kappa shape index (κ1) is 13.9. The number of nitrogens with one attached hydrogen (secondary N) is 1. The van der Waals surface area contributed by atoms with Gasteiger partial charge in [-0.2, -0.15) is 0 Å². The van der Waals surface area contributed by atoms with Crippen molar-refractivity contribution < 1.29 is 14.3 Å². The van der Waals surface area contributed by atoms with Gasteiger partial charge in [0.15, 0.2) is 0 Å². The predicted octanol–water partition coefficient (Wildman–Crippen LogP) is 0.855. The second-order valence-corrected chi connectivity index (χ2v) is 4.76. The number of methoxy groups -OCH3 is 1. The van der Waals surface area contributed by atoms with Crippen LogP contribution in [0.5, 0.6) is 0 Å². The molecule has 1 amide bonds. The largest absolute Gasteiger partial charge is 0.467 e. The van der Waals surface area contributed by atoms with E-state index in [1.807, 2.05) is 0 Å². The van der Waals surface area contributed by atoms with E-state index in [-0.39, 0.29) is 5.91 Å². The van der Waals surface area contributed by atoms with Crippen LogP contribution < -0.4 is 0 Å². The smallest absolute Gasteiger partial charge is 0.329 e. The molecule has 2 rings (SSSR count). The van der Waals surface area contributed by atoms with E-state index in [4.69, 9.17) is 16.3 Å². The normalized spacial score (nSPS) is 18.0. The topological polar surface area (TPSA) is 75.3 Å². The van der Waals surface area contributed by atoms with Crippen LogP contribution in [0.1, 0.15) is 24.2 Å². The Morgan fingerprint density at radius 2 is 2.42 bits per heavy atom. The summed E-state index contributed by atoms with van der Waals surface area (Å²) in [5.74, 6) is -0.0678. The number of amides is 1. The summed E-state index contributed by atoms with van der Waals surface area (Å²) in [5.41, 5.74) is 1.69. The molecule has 19 heavy (non-hydrogen) atoms. The molecule has 104 valence electrons. The number of aromatic amines is 1. The van der Waals surface area contributed by atoms with Gasteiger partial charge in [0.1, 0.15) is 6.04 Å². The molecule has 0 bridgehead atoms. The molecule has 1 N–H and O–H groups in total. The van der Waals surface area contributed by atoms with Gasteiger partial charge in [-0.1, -0.05) is 0 Å². The Labute approximate surface area is 116 Å². The fourth-order valence-electron chi connectivity index (χ4n) is 2.21. The van der Waals surface area contributed by atoms with Crippen molar-refractivity contribution in [1.29, 1.82) is 0 Å². The van der Waals surface area contributed by atoms with Gasteiger partial charge in [-0.05, 0) is 6.42 Å². The minimum Gasteiger partial charge on any atom is -0.467 e. The number of halogens is 1. The third kappa shape index (κ3) is 2.89. The summed E-state index contributed by atoms with van der Waals surface area (Å²) < 4.78 is 4.77. The molecule has 1 aromatic rings. The Bertz CT molecular complexity index is 475. The van der Waals surface area contributed by atoms with E-state index in [1.54, 1.807) is 11.2 Å². The molecule has 0 fully saturated rings. The van der Waals surface area contributed by atoms with E-state index in [0.29, 0.717) is 31.7 Å². The van der Waals surface area contributed by atoms with Crippen molar-refractivity contribution in [2.24, 2.45) is 0 Å². The Morgan fingerprint density at radius 3 is 3.11 bits per heavy atom. The second kappa shape index (κ2) is 6.06. The molecule has 2 heterocycles. The summed E-state index contributed by atoms with van der Waals surface area (Å²) >= 11 is 5.60. The molecule has 0 aromatic carbocycles. The van der Waals surface area contributed by atoms with Gasteiger partial charge in [0, 0.05) is 18.7 Å². The highest BCUT2D eigenvalue weighted by Gasteiger charge is 2.36. The van der Waals surface area contributed by atoms with Crippen LogP contribution in [0.2, 0.25) is 0 Å². The van der Waals surface area contributed by atoms with E-state index in [2.05, 4.69) is 9.97 Å². The van der Waals surface area contributed by atoms with Gasteiger partial charge < -0.3 is 14.6 Å². The zero-order chi connectivity index (χ0) is 13.8. The Kier molecular flexibility index (Phi) is 4.42. The first-order valence-electron chi connectivity index (χ1n) is 6.11. The first-order valence-corrected chi connectivity index (χ1v) is 6.65. The highest BCUT2D eigenvalue weighted by Crippen LogP contribution is 2.22. The Hall–Kier alpha value is -1.56. The number of esters is 1. The fourth-order valence-corrected chi connectivity index (χ4v) is 2.34. The van der Waals surface area contributed by atoms with E-state index in [1.165, 1.54) is 7.11 Å². The van der Waals surface area contributed by atoms with Crippen LogP contribution in [-0.4, -0.2) is 45.8 Å². The lowest BCUT2D eigenvalue weighted by Gasteiger charge is -2.33. The summed E-state index contributed by atoms with van der Waals surface area (Å²) in [5, 5.41) is 0. The highest BCUT2D eigenvalue weighted by atomic mass is 35.5. The van der Waals surface area contributed by atoms with Gasteiger partial charge >= 0.3 is 5.97 Å². The van der Waals surface area contributed by atoms with Crippen molar-refractivity contribution in [2.75, 3.05) is 13.0 Å². The Morgan fingerprint density at radius 1 is 1.63 bits per heavy atom. The molecule has 7 heteroatoms. The predicted molar refractivity (Wildman–Crippen MR) is 68.6 cm³/mol. The van der Waals surface area contributed by atoms with E-state index < -0.39 is 12.0 Å². The van der Waals surface area contributed by atoms with E-state index in [9.17, 15) is 9.59 Å². The summed E-state index contributed by atoms with van der Waals surface area (Å²) in [6.07, 6.45) is 2.89. The average Bonchev–Trinajstić information content (AvgIpc) is 2.89. The van der Waals surface area contributed by atoms with Crippen molar-refractivity contribution in [3.63, 3.8) is 0 Å². The summed E-state index contributed by atoms with van der Waals surface area (Å²) in [6.45, 7) is 0.357. The molecule has 1 unspecified atom stereocenters. The zero-order valence-electron chi connectivity index (χ0n) is 10.7. The van der Waals surface area contributed by atoms with Crippen LogP contribution in [0.15, 0.2) is 6.33 Å². The SMILES string of the molecule is COC(=O)C1Cc2nc[nH]c2CN1C(=O)CCCCl. The molecule has 0 spiro atoms. The third-order valence-electron chi connectivity index (χ3n) is 3.22. The number of rotatable bonds is 4. The first-order chi connectivity index (χ1) is 9.17. The molecule has 1 aliphatic rings. The van der Waals surface area contributed by atoms with Crippen LogP contribution in [0, 0.1) is 0 Å². The fraction of sp³-hybridized carbons (Fsp3) is 0.583. The molecule has 1 atom stereocenters. The van der Waals surface area contributed by atoms with Gasteiger partial charge in [-0.3, -0.25) is 4.79 Å². The highest BCUT2D eigenvalue weighted by molar-refractivity contribution is 6.17.